The van der Waals surface area contributed by atoms with E-state index in [4.69, 9.17) is 0 Å². The van der Waals surface area contributed by atoms with Gasteiger partial charge in [0.25, 0.3) is 0 Å². The summed E-state index contributed by atoms with van der Waals surface area (Å²) in [4.78, 5) is 14.3. The molecule has 23 heavy (non-hydrogen) atoms. The predicted octanol–water partition coefficient (Wildman–Crippen LogP) is 3.81. The van der Waals surface area contributed by atoms with Crippen LogP contribution in [0.3, 0.4) is 0 Å². The molecule has 2 saturated carbocycles. The number of Topliss-reactive ketones (excluding diaryl/α,β-unsaturated/α-hetero) is 1. The molecule has 3 aliphatic rings. The number of nitrogens with one attached hydrogen (secondary N) is 1. The van der Waals surface area contributed by atoms with E-state index in [1.807, 2.05) is 0 Å². The smallest absolute Gasteiger partial charge is 0.189 e. The maximum Gasteiger partial charge on any atom is 0.189 e. The van der Waals surface area contributed by atoms with Crippen LogP contribution >= 0.6 is 22.6 Å². The van der Waals surface area contributed by atoms with Gasteiger partial charge in [0.05, 0.1) is 13.1 Å². The van der Waals surface area contributed by atoms with Crippen LogP contribution in [0.5, 0.6) is 0 Å². The van der Waals surface area contributed by atoms with Crippen LogP contribution in [0.25, 0.3) is 0 Å². The summed E-state index contributed by atoms with van der Waals surface area (Å²) >= 11 is 2.56. The average molecular weight is 432 g/mol. The molecule has 0 spiro atoms. The van der Waals surface area contributed by atoms with Gasteiger partial charge in [0.1, 0.15) is 6.54 Å². The van der Waals surface area contributed by atoms with Gasteiger partial charge in [-0.3, -0.25) is 4.79 Å². The molecule has 0 aromatic rings. The molecule has 3 fully saturated rings. The third kappa shape index (κ3) is 5.69. The molecule has 2 unspecified atom stereocenters. The van der Waals surface area contributed by atoms with E-state index >= 15 is 0 Å². The van der Waals surface area contributed by atoms with Gasteiger partial charge in [0, 0.05) is 15.8 Å². The molecule has 1 N–H and O–H groups in total. The lowest BCUT2D eigenvalue weighted by atomic mass is 9.80. The quantitative estimate of drug-likeness (QED) is 0.518. The van der Waals surface area contributed by atoms with Crippen LogP contribution in [0.2, 0.25) is 0 Å². The summed E-state index contributed by atoms with van der Waals surface area (Å²) in [7, 11) is 0. The number of likely N-dealkylation sites (tertiary alicyclic amines) is 1. The Morgan fingerprint density at radius 1 is 0.870 bits per heavy atom. The third-order valence-corrected chi connectivity index (χ3v) is 7.89. The van der Waals surface area contributed by atoms with Gasteiger partial charge in [-0.1, -0.05) is 54.7 Å². The molecule has 0 aromatic carbocycles. The maximum absolute atomic E-state index is 12.6. The molecule has 0 bridgehead atoms. The zero-order chi connectivity index (χ0) is 16.1. The molecular weight excluding hydrogens is 397 g/mol. The second-order valence-electron chi connectivity index (χ2n) is 8.54. The Kier molecular flexibility index (Phi) is 7.24. The Hall–Kier alpha value is 0.360. The van der Waals surface area contributed by atoms with Gasteiger partial charge in [-0.25, -0.2) is 0 Å². The fraction of sp³-hybridized carbons (Fsp3) is 0.950. The summed E-state index contributed by atoms with van der Waals surface area (Å²) in [5.41, 5.74) is 0. The molecule has 1 saturated heterocycles. The zero-order valence-electron chi connectivity index (χ0n) is 14.7. The molecule has 3 heteroatoms. The summed E-state index contributed by atoms with van der Waals surface area (Å²) in [5.74, 6) is 2.89. The van der Waals surface area contributed by atoms with E-state index in [1.165, 1.54) is 77.3 Å². The van der Waals surface area contributed by atoms with Crippen LogP contribution in [-0.4, -0.2) is 29.3 Å². The van der Waals surface area contributed by atoms with Crippen molar-refractivity contribution in [3.63, 3.8) is 0 Å². The van der Waals surface area contributed by atoms with Gasteiger partial charge in [0.15, 0.2) is 5.78 Å². The first-order chi connectivity index (χ1) is 11.2. The standard InChI is InChI=1S/C20H34INO/c21-19-10-8-18(9-11-19)20(23)15-22-12-4-7-17(14-22)13-16-5-2-1-3-6-16/h16-19H,1-15H2/p+1. The van der Waals surface area contributed by atoms with Gasteiger partial charge in [0.2, 0.25) is 0 Å². The SMILES string of the molecule is O=C(C[NH+]1CCCC(CC2CCCCC2)C1)C1CCC(I)CC1. The highest BCUT2D eigenvalue weighted by atomic mass is 127. The summed E-state index contributed by atoms with van der Waals surface area (Å²) < 4.78 is 0.818. The lowest BCUT2D eigenvalue weighted by Crippen LogP contribution is -3.14. The lowest BCUT2D eigenvalue weighted by Gasteiger charge is -2.33. The fourth-order valence-electron chi connectivity index (χ4n) is 5.27. The van der Waals surface area contributed by atoms with Crippen molar-refractivity contribution in [3.05, 3.63) is 0 Å². The van der Waals surface area contributed by atoms with Gasteiger partial charge in [-0.05, 0) is 50.9 Å². The molecule has 1 heterocycles. The molecule has 0 amide bonds. The molecule has 1 aliphatic heterocycles. The molecule has 0 aromatic heterocycles. The first kappa shape index (κ1) is 18.2. The van der Waals surface area contributed by atoms with Crippen LogP contribution in [0.4, 0.5) is 0 Å². The summed E-state index contributed by atoms with van der Waals surface area (Å²) in [6, 6.07) is 0. The molecule has 2 aliphatic carbocycles. The van der Waals surface area contributed by atoms with E-state index < -0.39 is 0 Å². The van der Waals surface area contributed by atoms with Gasteiger partial charge in [-0.2, -0.15) is 0 Å². The Balaban J connectivity index is 1.41. The number of halogens is 1. The summed E-state index contributed by atoms with van der Waals surface area (Å²) in [5, 5.41) is 0. The normalized spacial score (nSPS) is 36.7. The van der Waals surface area contributed by atoms with Crippen LogP contribution in [-0.2, 0) is 4.79 Å². The number of quaternary nitrogens is 1. The number of hydrogen-bond donors (Lipinski definition) is 1. The van der Waals surface area contributed by atoms with E-state index in [9.17, 15) is 4.79 Å². The summed E-state index contributed by atoms with van der Waals surface area (Å²) in [6.45, 7) is 3.36. The first-order valence-electron chi connectivity index (χ1n) is 10.2. The molecule has 2 nitrogen and oxygen atoms in total. The van der Waals surface area contributed by atoms with E-state index in [-0.39, 0.29) is 0 Å². The highest BCUT2D eigenvalue weighted by Gasteiger charge is 2.31. The minimum Gasteiger partial charge on any atom is -0.329 e. The minimum atomic E-state index is 0.396. The van der Waals surface area contributed by atoms with Gasteiger partial charge >= 0.3 is 0 Å². The number of hydrogen-bond acceptors (Lipinski definition) is 1. The van der Waals surface area contributed by atoms with Crippen LogP contribution in [0.15, 0.2) is 0 Å². The second kappa shape index (κ2) is 9.17. The molecule has 3 rings (SSSR count). The van der Waals surface area contributed by atoms with Crippen molar-refractivity contribution in [2.24, 2.45) is 17.8 Å². The van der Waals surface area contributed by atoms with Crippen molar-refractivity contribution < 1.29 is 9.69 Å². The Bertz CT molecular complexity index is 372. The lowest BCUT2D eigenvalue weighted by molar-refractivity contribution is -0.901. The summed E-state index contributed by atoms with van der Waals surface area (Å²) in [6.07, 6.45) is 16.4. The zero-order valence-corrected chi connectivity index (χ0v) is 16.9. The number of carbonyl (C=O) groups is 1. The maximum atomic E-state index is 12.6. The van der Waals surface area contributed by atoms with E-state index in [0.29, 0.717) is 11.7 Å². The third-order valence-electron chi connectivity index (χ3n) is 6.65. The molecule has 132 valence electrons. The minimum absolute atomic E-state index is 0.396. The van der Waals surface area contributed by atoms with E-state index in [0.717, 1.165) is 35.1 Å². The van der Waals surface area contributed by atoms with Crippen LogP contribution < -0.4 is 4.90 Å². The van der Waals surface area contributed by atoms with Crippen molar-refractivity contribution in [3.8, 4) is 0 Å². The molecule has 2 atom stereocenters. The van der Waals surface area contributed by atoms with Crippen LogP contribution in [0, 0.1) is 17.8 Å². The van der Waals surface area contributed by atoms with Crippen LogP contribution in [0.1, 0.15) is 77.0 Å². The Morgan fingerprint density at radius 3 is 2.30 bits per heavy atom. The predicted molar refractivity (Wildman–Crippen MR) is 104 cm³/mol. The number of piperidine rings is 1. The van der Waals surface area contributed by atoms with Gasteiger partial charge in [-0.15, -0.1) is 0 Å². The highest BCUT2D eigenvalue weighted by Crippen LogP contribution is 2.31. The molecular formula is C20H35INO+. The largest absolute Gasteiger partial charge is 0.329 e. The number of rotatable bonds is 5. The van der Waals surface area contributed by atoms with Crippen molar-refractivity contribution in [1.29, 1.82) is 0 Å². The van der Waals surface area contributed by atoms with Crippen molar-refractivity contribution in [1.82, 2.24) is 0 Å². The van der Waals surface area contributed by atoms with E-state index in [1.54, 1.807) is 4.90 Å². The number of carbonyl (C=O) groups excluding carboxylic acids is 1. The monoisotopic (exact) mass is 432 g/mol. The first-order valence-corrected chi connectivity index (χ1v) is 11.5. The van der Waals surface area contributed by atoms with Crippen molar-refractivity contribution in [2.75, 3.05) is 19.6 Å². The second-order valence-corrected chi connectivity index (χ2v) is 10.3. The average Bonchev–Trinajstić information content (AvgIpc) is 2.57. The topological polar surface area (TPSA) is 21.5 Å². The van der Waals surface area contributed by atoms with Crippen molar-refractivity contribution >= 4 is 28.4 Å². The number of ketones is 1. The molecule has 0 radical (unpaired) electrons. The Labute approximate surface area is 156 Å². The Morgan fingerprint density at radius 2 is 1.57 bits per heavy atom. The highest BCUT2D eigenvalue weighted by molar-refractivity contribution is 14.1. The fourth-order valence-corrected chi connectivity index (χ4v) is 5.99. The van der Waals surface area contributed by atoms with Crippen molar-refractivity contribution in [2.45, 2.75) is 81.0 Å². The van der Waals surface area contributed by atoms with E-state index in [2.05, 4.69) is 22.6 Å². The van der Waals surface area contributed by atoms with Gasteiger partial charge < -0.3 is 4.90 Å². The number of alkyl halides is 1.